The Hall–Kier alpha value is -3.20. The molecule has 0 spiro atoms. The minimum absolute atomic E-state index is 0.208. The summed E-state index contributed by atoms with van der Waals surface area (Å²) >= 11 is 0. The molecule has 26 heavy (non-hydrogen) atoms. The van der Waals surface area contributed by atoms with E-state index in [2.05, 4.69) is 8.92 Å². The van der Waals surface area contributed by atoms with Gasteiger partial charge < -0.3 is 13.3 Å². The normalized spacial score (nSPS) is 11.3. The molecule has 0 radical (unpaired) electrons. The highest BCUT2D eigenvalue weighted by atomic mass is 32.3. The van der Waals surface area contributed by atoms with Gasteiger partial charge in [0, 0.05) is 11.6 Å². The van der Waals surface area contributed by atoms with Crippen molar-refractivity contribution < 1.29 is 30.4 Å². The lowest BCUT2D eigenvalue weighted by molar-refractivity contribution is 0.0601. The summed E-state index contributed by atoms with van der Waals surface area (Å²) in [6.45, 7) is 0. The number of rotatable bonds is 4. The van der Waals surface area contributed by atoms with Crippen LogP contribution in [-0.2, 0) is 15.2 Å². The predicted molar refractivity (Wildman–Crippen MR) is 89.9 cm³/mol. The average Bonchev–Trinajstić information content (AvgIpc) is 2.60. The number of carbonyl (C=O) groups is 1. The molecule has 0 saturated carbocycles. The van der Waals surface area contributed by atoms with Crippen molar-refractivity contribution in [2.45, 2.75) is 0 Å². The largest absolute Gasteiger partial charge is 0.488 e. The van der Waals surface area contributed by atoms with Crippen LogP contribution in [0.1, 0.15) is 10.4 Å². The van der Waals surface area contributed by atoms with E-state index in [1.807, 2.05) is 0 Å². The third-order valence-corrected chi connectivity index (χ3v) is 3.87. The van der Waals surface area contributed by atoms with Crippen LogP contribution in [0.15, 0.2) is 57.7 Å². The molecule has 0 bridgehead atoms. The first-order valence-corrected chi connectivity index (χ1v) is 8.48. The highest BCUT2D eigenvalue weighted by Gasteiger charge is 2.13. The van der Waals surface area contributed by atoms with E-state index in [4.69, 9.17) is 4.42 Å². The maximum Gasteiger partial charge on any atom is 0.488 e. The number of benzene rings is 2. The van der Waals surface area contributed by atoms with E-state index < -0.39 is 16.5 Å². The molecular formula is C17H11FO7S. The Kier molecular flexibility index (Phi) is 4.47. The molecule has 0 aliphatic heterocycles. The molecule has 3 rings (SSSR count). The van der Waals surface area contributed by atoms with E-state index in [-0.39, 0.29) is 33.5 Å². The summed E-state index contributed by atoms with van der Waals surface area (Å²) < 4.78 is 47.8. The Morgan fingerprint density at radius 3 is 2.38 bits per heavy atom. The van der Waals surface area contributed by atoms with Gasteiger partial charge in [-0.2, -0.15) is 8.42 Å². The molecule has 0 fully saturated rings. The Morgan fingerprint density at radius 2 is 1.77 bits per heavy atom. The zero-order chi connectivity index (χ0) is 18.9. The molecule has 134 valence electrons. The van der Waals surface area contributed by atoms with Gasteiger partial charge in [-0.25, -0.2) is 4.79 Å². The summed E-state index contributed by atoms with van der Waals surface area (Å²) in [6, 6.07) is 10.8. The van der Waals surface area contributed by atoms with E-state index in [9.17, 15) is 21.9 Å². The highest BCUT2D eigenvalue weighted by Crippen LogP contribution is 2.25. The lowest BCUT2D eigenvalue weighted by Crippen LogP contribution is -2.05. The summed E-state index contributed by atoms with van der Waals surface area (Å²) in [5, 5.41) is 0.208. The van der Waals surface area contributed by atoms with Crippen LogP contribution < -0.4 is 9.61 Å². The van der Waals surface area contributed by atoms with E-state index in [1.165, 1.54) is 55.6 Å². The minimum Gasteiger partial charge on any atom is -0.465 e. The van der Waals surface area contributed by atoms with Gasteiger partial charge in [0.05, 0.1) is 18.1 Å². The van der Waals surface area contributed by atoms with Gasteiger partial charge in [0.1, 0.15) is 17.1 Å². The topological polar surface area (TPSA) is 99.9 Å². The molecule has 0 amide bonds. The maximum absolute atomic E-state index is 12.5. The van der Waals surface area contributed by atoms with Crippen molar-refractivity contribution in [3.05, 3.63) is 64.3 Å². The quantitative estimate of drug-likeness (QED) is 0.508. The molecule has 0 atom stereocenters. The van der Waals surface area contributed by atoms with Crippen LogP contribution in [0.5, 0.6) is 5.75 Å². The predicted octanol–water partition coefficient (Wildman–Crippen LogP) is 2.84. The van der Waals surface area contributed by atoms with Crippen molar-refractivity contribution >= 4 is 27.4 Å². The summed E-state index contributed by atoms with van der Waals surface area (Å²) in [5.74, 6) is -0.584. The van der Waals surface area contributed by atoms with Gasteiger partial charge in [0.2, 0.25) is 0 Å². The van der Waals surface area contributed by atoms with Gasteiger partial charge in [-0.15, -0.1) is 0 Å². The molecule has 7 nitrogen and oxygen atoms in total. The number of esters is 1. The third kappa shape index (κ3) is 3.72. The van der Waals surface area contributed by atoms with Gasteiger partial charge in [0.15, 0.2) is 5.43 Å². The van der Waals surface area contributed by atoms with Crippen LogP contribution >= 0.6 is 0 Å². The Labute approximate surface area is 147 Å². The van der Waals surface area contributed by atoms with Crippen molar-refractivity contribution in [3.8, 4) is 17.1 Å². The lowest BCUT2D eigenvalue weighted by atomic mass is 10.1. The highest BCUT2D eigenvalue weighted by molar-refractivity contribution is 7.81. The van der Waals surface area contributed by atoms with Crippen molar-refractivity contribution in [2.24, 2.45) is 0 Å². The second kappa shape index (κ2) is 6.60. The van der Waals surface area contributed by atoms with Gasteiger partial charge in [-0.1, -0.05) is 3.89 Å². The van der Waals surface area contributed by atoms with Crippen LogP contribution in [0, 0.1) is 0 Å². The van der Waals surface area contributed by atoms with Gasteiger partial charge in [-0.3, -0.25) is 4.79 Å². The van der Waals surface area contributed by atoms with E-state index >= 15 is 0 Å². The number of hydrogen-bond donors (Lipinski definition) is 0. The SMILES string of the molecule is COC(=O)c1ccc2oc(-c3ccc(OS(=O)(=O)F)cc3)cc(=O)c2c1. The maximum atomic E-state index is 12.5. The standard InChI is InChI=1S/C17H11FO7S/c1-23-17(20)11-4-7-15-13(8-11)14(19)9-16(24-15)10-2-5-12(6-3-10)25-26(18,21)22/h2-9H,1H3. The number of carbonyl (C=O) groups excluding carboxylic acids is 1. The van der Waals surface area contributed by atoms with Crippen LogP contribution in [0.25, 0.3) is 22.3 Å². The number of methoxy groups -OCH3 is 1. The Morgan fingerprint density at radius 1 is 1.08 bits per heavy atom. The molecule has 9 heteroatoms. The van der Waals surface area contributed by atoms with Crippen molar-refractivity contribution in [1.82, 2.24) is 0 Å². The first-order valence-electron chi connectivity index (χ1n) is 7.17. The Bertz CT molecular complexity index is 1150. The number of fused-ring (bicyclic) bond motifs is 1. The molecule has 0 aliphatic carbocycles. The fourth-order valence-corrected chi connectivity index (χ4v) is 2.67. The molecule has 0 unspecified atom stereocenters. The minimum atomic E-state index is -5.11. The summed E-state index contributed by atoms with van der Waals surface area (Å²) in [7, 11) is -3.88. The molecule has 0 saturated heterocycles. The first kappa shape index (κ1) is 17.6. The van der Waals surface area contributed by atoms with Crippen molar-refractivity contribution in [2.75, 3.05) is 7.11 Å². The van der Waals surface area contributed by atoms with E-state index in [1.54, 1.807) is 0 Å². The molecular weight excluding hydrogens is 367 g/mol. The van der Waals surface area contributed by atoms with Gasteiger partial charge >= 0.3 is 16.5 Å². The summed E-state index contributed by atoms with van der Waals surface area (Å²) in [4.78, 5) is 23.9. The first-order chi connectivity index (χ1) is 12.3. The summed E-state index contributed by atoms with van der Waals surface area (Å²) in [5.41, 5.74) is 0.545. The zero-order valence-corrected chi connectivity index (χ0v) is 14.1. The third-order valence-electron chi connectivity index (χ3n) is 3.48. The second-order valence-corrected chi connectivity index (χ2v) is 6.13. The van der Waals surface area contributed by atoms with E-state index in [0.29, 0.717) is 5.56 Å². The molecule has 2 aromatic carbocycles. The molecule has 1 aromatic heterocycles. The van der Waals surface area contributed by atoms with Crippen LogP contribution in [0.3, 0.4) is 0 Å². The number of halogens is 1. The van der Waals surface area contributed by atoms with Crippen molar-refractivity contribution in [3.63, 3.8) is 0 Å². The van der Waals surface area contributed by atoms with Crippen LogP contribution in [0.2, 0.25) is 0 Å². The van der Waals surface area contributed by atoms with Crippen LogP contribution in [0.4, 0.5) is 3.89 Å². The molecule has 3 aromatic rings. The fourth-order valence-electron chi connectivity index (χ4n) is 2.33. The smallest absolute Gasteiger partial charge is 0.465 e. The molecule has 0 N–H and O–H groups in total. The molecule has 1 heterocycles. The second-order valence-electron chi connectivity index (χ2n) is 5.18. The van der Waals surface area contributed by atoms with Gasteiger partial charge in [-0.05, 0) is 42.5 Å². The zero-order valence-electron chi connectivity index (χ0n) is 13.3. The Balaban J connectivity index is 2.01. The van der Waals surface area contributed by atoms with Crippen molar-refractivity contribution in [1.29, 1.82) is 0 Å². The summed E-state index contributed by atoms with van der Waals surface area (Å²) in [6.07, 6.45) is 0. The van der Waals surface area contributed by atoms with Crippen LogP contribution in [-0.4, -0.2) is 21.5 Å². The van der Waals surface area contributed by atoms with E-state index in [0.717, 1.165) is 0 Å². The fraction of sp³-hybridized carbons (Fsp3) is 0.0588. The number of ether oxygens (including phenoxy) is 1. The number of hydrogen-bond acceptors (Lipinski definition) is 7. The molecule has 0 aliphatic rings. The lowest BCUT2D eigenvalue weighted by Gasteiger charge is -2.06. The average molecular weight is 378 g/mol. The monoisotopic (exact) mass is 378 g/mol. The van der Waals surface area contributed by atoms with Gasteiger partial charge in [0.25, 0.3) is 0 Å².